The largest absolute Gasteiger partial charge is 0.322 e. The summed E-state index contributed by atoms with van der Waals surface area (Å²) in [5.41, 5.74) is 2.13. The zero-order chi connectivity index (χ0) is 15.8. The number of unbranched alkanes of at least 4 members (excludes halogenated alkanes) is 2. The van der Waals surface area contributed by atoms with E-state index in [0.29, 0.717) is 0 Å². The molecule has 1 aromatic carbocycles. The smallest absolute Gasteiger partial charge is 0.321 e. The average molecular weight is 303 g/mol. The van der Waals surface area contributed by atoms with Gasteiger partial charge in [0.05, 0.1) is 0 Å². The molecule has 0 saturated carbocycles. The van der Waals surface area contributed by atoms with E-state index in [1.165, 1.54) is 31.4 Å². The molecule has 0 radical (unpaired) electrons. The molecule has 2 rings (SSSR count). The van der Waals surface area contributed by atoms with Gasteiger partial charge in [0.25, 0.3) is 0 Å². The number of carbonyl (C=O) groups is 1. The highest BCUT2D eigenvalue weighted by Crippen LogP contribution is 2.16. The molecule has 22 heavy (non-hydrogen) atoms. The highest BCUT2D eigenvalue weighted by atomic mass is 16.2. The first kappa shape index (κ1) is 16.8. The van der Waals surface area contributed by atoms with Gasteiger partial charge in [-0.3, -0.25) is 4.90 Å². The molecule has 0 unspecified atom stereocenters. The summed E-state index contributed by atoms with van der Waals surface area (Å²) in [5, 5.41) is 3.07. The first-order valence-electron chi connectivity index (χ1n) is 8.60. The number of urea groups is 1. The number of piperazine rings is 1. The molecule has 4 heteroatoms. The molecule has 1 saturated heterocycles. The van der Waals surface area contributed by atoms with Gasteiger partial charge in [-0.15, -0.1) is 0 Å². The van der Waals surface area contributed by atoms with Gasteiger partial charge >= 0.3 is 6.03 Å². The van der Waals surface area contributed by atoms with E-state index in [1.54, 1.807) is 0 Å². The van der Waals surface area contributed by atoms with Crippen molar-refractivity contribution in [3.8, 4) is 0 Å². The number of hydrogen-bond donors (Lipinski definition) is 1. The van der Waals surface area contributed by atoms with Crippen molar-refractivity contribution in [3.63, 3.8) is 0 Å². The fraction of sp³-hybridized carbons (Fsp3) is 0.611. The predicted octanol–water partition coefficient (Wildman–Crippen LogP) is 3.59. The Balaban J connectivity index is 1.80. The second-order valence-electron chi connectivity index (χ2n) is 5.98. The SMILES string of the molecule is CCCCCN1CCN(C(=O)Nc2ccccc2CC)CC1. The van der Waals surface area contributed by atoms with E-state index in [4.69, 9.17) is 0 Å². The first-order chi connectivity index (χ1) is 10.7. The molecule has 1 heterocycles. The maximum atomic E-state index is 12.4. The van der Waals surface area contributed by atoms with Crippen LogP contribution < -0.4 is 5.32 Å². The molecule has 0 aromatic heterocycles. The fourth-order valence-electron chi connectivity index (χ4n) is 2.90. The van der Waals surface area contributed by atoms with E-state index in [-0.39, 0.29) is 6.03 Å². The molecule has 0 spiro atoms. The van der Waals surface area contributed by atoms with E-state index < -0.39 is 0 Å². The molecule has 122 valence electrons. The number of hydrogen-bond acceptors (Lipinski definition) is 2. The Labute approximate surface area is 134 Å². The molecule has 0 bridgehead atoms. The summed E-state index contributed by atoms with van der Waals surface area (Å²) >= 11 is 0. The van der Waals surface area contributed by atoms with Gasteiger partial charge in [-0.25, -0.2) is 4.79 Å². The lowest BCUT2D eigenvalue weighted by molar-refractivity contribution is 0.146. The van der Waals surface area contributed by atoms with Crippen LogP contribution in [0.15, 0.2) is 24.3 Å². The molecule has 0 aliphatic carbocycles. The Kier molecular flexibility index (Phi) is 6.72. The lowest BCUT2D eigenvalue weighted by Gasteiger charge is -2.34. The highest BCUT2D eigenvalue weighted by molar-refractivity contribution is 5.90. The first-order valence-corrected chi connectivity index (χ1v) is 8.60. The van der Waals surface area contributed by atoms with Crippen molar-refractivity contribution in [1.29, 1.82) is 0 Å². The number of nitrogens with one attached hydrogen (secondary N) is 1. The number of para-hydroxylation sites is 1. The summed E-state index contributed by atoms with van der Waals surface area (Å²) in [6.07, 6.45) is 4.77. The average Bonchev–Trinajstić information content (AvgIpc) is 2.56. The van der Waals surface area contributed by atoms with Gasteiger partial charge in [0.15, 0.2) is 0 Å². The number of carbonyl (C=O) groups excluding carboxylic acids is 1. The predicted molar refractivity (Wildman–Crippen MR) is 92.4 cm³/mol. The molecule has 4 nitrogen and oxygen atoms in total. The second kappa shape index (κ2) is 8.79. The van der Waals surface area contributed by atoms with Crippen molar-refractivity contribution in [1.82, 2.24) is 9.80 Å². The Morgan fingerprint density at radius 1 is 1.09 bits per heavy atom. The van der Waals surface area contributed by atoms with Crippen molar-refractivity contribution in [2.75, 3.05) is 38.0 Å². The van der Waals surface area contributed by atoms with Crippen molar-refractivity contribution in [2.45, 2.75) is 39.5 Å². The summed E-state index contributed by atoms with van der Waals surface area (Å²) in [5.74, 6) is 0. The molecule has 1 aliphatic heterocycles. The quantitative estimate of drug-likeness (QED) is 0.815. The van der Waals surface area contributed by atoms with Gasteiger partial charge in [-0.1, -0.05) is 44.9 Å². The third-order valence-corrected chi connectivity index (χ3v) is 4.38. The zero-order valence-corrected chi connectivity index (χ0v) is 14.0. The molecular weight excluding hydrogens is 274 g/mol. The molecular formula is C18H29N3O. The van der Waals surface area contributed by atoms with Crippen LogP contribution in [-0.4, -0.2) is 48.6 Å². The van der Waals surface area contributed by atoms with Crippen LogP contribution in [0.25, 0.3) is 0 Å². The Morgan fingerprint density at radius 2 is 1.82 bits per heavy atom. The normalized spacial score (nSPS) is 15.8. The maximum Gasteiger partial charge on any atom is 0.321 e. The lowest BCUT2D eigenvalue weighted by Crippen LogP contribution is -2.50. The van der Waals surface area contributed by atoms with Crippen LogP contribution in [0.3, 0.4) is 0 Å². The van der Waals surface area contributed by atoms with E-state index in [1.807, 2.05) is 23.1 Å². The van der Waals surface area contributed by atoms with E-state index in [9.17, 15) is 4.79 Å². The standard InChI is InChI=1S/C18H29N3O/c1-3-5-8-11-20-12-14-21(15-13-20)18(22)19-17-10-7-6-9-16(17)4-2/h6-7,9-10H,3-5,8,11-15H2,1-2H3,(H,19,22). The zero-order valence-electron chi connectivity index (χ0n) is 14.0. The molecule has 2 amide bonds. The van der Waals surface area contributed by atoms with Crippen LogP contribution in [0.5, 0.6) is 0 Å². The van der Waals surface area contributed by atoms with Gasteiger partial charge in [-0.2, -0.15) is 0 Å². The minimum absolute atomic E-state index is 0.0362. The van der Waals surface area contributed by atoms with Gasteiger partial charge < -0.3 is 10.2 Å². The Hall–Kier alpha value is -1.55. The van der Waals surface area contributed by atoms with Crippen LogP contribution >= 0.6 is 0 Å². The topological polar surface area (TPSA) is 35.6 Å². The lowest BCUT2D eigenvalue weighted by atomic mass is 10.1. The number of benzene rings is 1. The van der Waals surface area contributed by atoms with Crippen LogP contribution in [0.2, 0.25) is 0 Å². The van der Waals surface area contributed by atoms with Crippen molar-refractivity contribution in [2.24, 2.45) is 0 Å². The van der Waals surface area contributed by atoms with Crippen LogP contribution in [0, 0.1) is 0 Å². The van der Waals surface area contributed by atoms with Crippen LogP contribution in [-0.2, 0) is 6.42 Å². The van der Waals surface area contributed by atoms with Gasteiger partial charge in [0.2, 0.25) is 0 Å². The summed E-state index contributed by atoms with van der Waals surface area (Å²) in [6, 6.07) is 8.08. The van der Waals surface area contributed by atoms with Crippen molar-refractivity contribution >= 4 is 11.7 Å². The molecule has 1 aliphatic rings. The number of aryl methyl sites for hydroxylation is 1. The van der Waals surface area contributed by atoms with Gasteiger partial charge in [0.1, 0.15) is 0 Å². The number of nitrogens with zero attached hydrogens (tertiary/aromatic N) is 2. The maximum absolute atomic E-state index is 12.4. The van der Waals surface area contributed by atoms with Crippen molar-refractivity contribution in [3.05, 3.63) is 29.8 Å². The Morgan fingerprint density at radius 3 is 2.50 bits per heavy atom. The fourth-order valence-corrected chi connectivity index (χ4v) is 2.90. The van der Waals surface area contributed by atoms with E-state index in [0.717, 1.165) is 38.3 Å². The van der Waals surface area contributed by atoms with Gasteiger partial charge in [0, 0.05) is 31.9 Å². The van der Waals surface area contributed by atoms with E-state index in [2.05, 4.69) is 30.1 Å². The summed E-state index contributed by atoms with van der Waals surface area (Å²) in [6.45, 7) is 9.15. The monoisotopic (exact) mass is 303 g/mol. The molecule has 0 atom stereocenters. The molecule has 1 aromatic rings. The number of anilines is 1. The Bertz CT molecular complexity index is 467. The van der Waals surface area contributed by atoms with Gasteiger partial charge in [-0.05, 0) is 31.0 Å². The van der Waals surface area contributed by atoms with Crippen LogP contribution in [0.1, 0.15) is 38.7 Å². The summed E-state index contributed by atoms with van der Waals surface area (Å²) < 4.78 is 0. The van der Waals surface area contributed by atoms with E-state index >= 15 is 0 Å². The molecule has 1 fully saturated rings. The summed E-state index contributed by atoms with van der Waals surface area (Å²) in [7, 11) is 0. The molecule has 1 N–H and O–H groups in total. The number of rotatable bonds is 6. The minimum atomic E-state index is 0.0362. The third-order valence-electron chi connectivity index (χ3n) is 4.38. The van der Waals surface area contributed by atoms with Crippen molar-refractivity contribution < 1.29 is 4.79 Å². The second-order valence-corrected chi connectivity index (χ2v) is 5.98. The van der Waals surface area contributed by atoms with Crippen LogP contribution in [0.4, 0.5) is 10.5 Å². The number of amides is 2. The minimum Gasteiger partial charge on any atom is -0.322 e. The highest BCUT2D eigenvalue weighted by Gasteiger charge is 2.21. The third kappa shape index (κ3) is 4.73. The summed E-state index contributed by atoms with van der Waals surface area (Å²) in [4.78, 5) is 16.8.